The SMILES string of the molecule is CC(C)[C@@H](C(=O)Nc1ccc2c(c1)OCCCO2)n1nnc(-c2ccccc2)n1. The van der Waals surface area contributed by atoms with Gasteiger partial charge in [-0.3, -0.25) is 4.79 Å². The fraction of sp³-hybridized carbons (Fsp3) is 0.333. The molecule has 0 saturated heterocycles. The standard InChI is InChI=1S/C21H23N5O3/c1-14(2)19(26-24-20(23-25-26)15-7-4-3-5-8-15)21(27)22-16-9-10-17-18(13-16)29-12-6-11-28-17/h3-5,7-10,13-14,19H,6,11-12H2,1-2H3,(H,22,27)/t19-/m0/s1. The van der Waals surface area contributed by atoms with Crippen molar-refractivity contribution >= 4 is 11.6 Å². The second-order valence-corrected chi connectivity index (χ2v) is 7.19. The predicted molar refractivity (Wildman–Crippen MR) is 108 cm³/mol. The minimum atomic E-state index is -0.601. The summed E-state index contributed by atoms with van der Waals surface area (Å²) < 4.78 is 11.3. The Bertz CT molecular complexity index is 987. The Morgan fingerprint density at radius 2 is 1.83 bits per heavy atom. The van der Waals surface area contributed by atoms with Crippen molar-refractivity contribution in [3.05, 3.63) is 48.5 Å². The highest BCUT2D eigenvalue weighted by atomic mass is 16.5. The Balaban J connectivity index is 1.54. The van der Waals surface area contributed by atoms with Crippen LogP contribution in [-0.4, -0.2) is 39.3 Å². The van der Waals surface area contributed by atoms with Crippen LogP contribution >= 0.6 is 0 Å². The van der Waals surface area contributed by atoms with Gasteiger partial charge in [0.05, 0.1) is 13.2 Å². The van der Waals surface area contributed by atoms with E-state index in [9.17, 15) is 4.79 Å². The van der Waals surface area contributed by atoms with Crippen molar-refractivity contribution in [3.8, 4) is 22.9 Å². The molecule has 1 N–H and O–H groups in total. The number of nitrogens with one attached hydrogen (secondary N) is 1. The maximum atomic E-state index is 13.0. The van der Waals surface area contributed by atoms with Gasteiger partial charge in [-0.1, -0.05) is 44.2 Å². The molecule has 150 valence electrons. The van der Waals surface area contributed by atoms with Crippen LogP contribution in [0.2, 0.25) is 0 Å². The van der Waals surface area contributed by atoms with Gasteiger partial charge in [0.15, 0.2) is 17.5 Å². The van der Waals surface area contributed by atoms with Gasteiger partial charge in [-0.05, 0) is 23.3 Å². The summed E-state index contributed by atoms with van der Waals surface area (Å²) in [6, 6.07) is 14.3. The number of nitrogens with zero attached hydrogens (tertiary/aromatic N) is 4. The molecule has 4 rings (SSSR count). The molecule has 1 aromatic heterocycles. The first kappa shape index (κ1) is 18.9. The Kier molecular flexibility index (Phi) is 5.41. The summed E-state index contributed by atoms with van der Waals surface area (Å²) in [5, 5.41) is 15.6. The molecule has 2 aromatic carbocycles. The number of aromatic nitrogens is 4. The molecule has 0 radical (unpaired) electrons. The van der Waals surface area contributed by atoms with Gasteiger partial charge in [0.25, 0.3) is 5.91 Å². The molecule has 0 bridgehead atoms. The molecule has 0 unspecified atom stereocenters. The van der Waals surface area contributed by atoms with Crippen molar-refractivity contribution < 1.29 is 14.3 Å². The third kappa shape index (κ3) is 4.21. The second-order valence-electron chi connectivity index (χ2n) is 7.19. The van der Waals surface area contributed by atoms with E-state index in [0.717, 1.165) is 12.0 Å². The number of anilines is 1. The van der Waals surface area contributed by atoms with Crippen LogP contribution in [0.15, 0.2) is 48.5 Å². The largest absolute Gasteiger partial charge is 0.490 e. The van der Waals surface area contributed by atoms with E-state index < -0.39 is 6.04 Å². The second kappa shape index (κ2) is 8.30. The molecule has 0 aliphatic carbocycles. The van der Waals surface area contributed by atoms with Gasteiger partial charge in [0.2, 0.25) is 5.82 Å². The Morgan fingerprint density at radius 3 is 2.59 bits per heavy atom. The smallest absolute Gasteiger partial charge is 0.251 e. The topological polar surface area (TPSA) is 91.2 Å². The summed E-state index contributed by atoms with van der Waals surface area (Å²) in [6.45, 7) is 5.10. The predicted octanol–water partition coefficient (Wildman–Crippen LogP) is 3.34. The molecule has 1 aliphatic rings. The lowest BCUT2D eigenvalue weighted by atomic mass is 10.0. The third-order valence-corrected chi connectivity index (χ3v) is 4.62. The van der Waals surface area contributed by atoms with Crippen LogP contribution in [-0.2, 0) is 4.79 Å². The first-order valence-electron chi connectivity index (χ1n) is 9.67. The van der Waals surface area contributed by atoms with Crippen molar-refractivity contribution in [2.45, 2.75) is 26.3 Å². The van der Waals surface area contributed by atoms with E-state index in [2.05, 4.69) is 20.7 Å². The minimum Gasteiger partial charge on any atom is -0.490 e. The number of hydrogen-bond acceptors (Lipinski definition) is 6. The van der Waals surface area contributed by atoms with Crippen molar-refractivity contribution in [2.24, 2.45) is 5.92 Å². The lowest BCUT2D eigenvalue weighted by Gasteiger charge is -2.19. The molecule has 2 heterocycles. The maximum absolute atomic E-state index is 13.0. The average Bonchev–Trinajstić information content (AvgIpc) is 3.06. The van der Waals surface area contributed by atoms with Gasteiger partial charge in [-0.15, -0.1) is 10.2 Å². The number of amides is 1. The van der Waals surface area contributed by atoms with Gasteiger partial charge in [-0.25, -0.2) is 0 Å². The molecule has 8 nitrogen and oxygen atoms in total. The van der Waals surface area contributed by atoms with Crippen LogP contribution in [0, 0.1) is 5.92 Å². The molecule has 0 spiro atoms. The third-order valence-electron chi connectivity index (χ3n) is 4.62. The van der Waals surface area contributed by atoms with Crippen molar-refractivity contribution in [1.82, 2.24) is 20.2 Å². The number of tetrazole rings is 1. The van der Waals surface area contributed by atoms with Crippen LogP contribution in [0.1, 0.15) is 26.3 Å². The van der Waals surface area contributed by atoms with Crippen LogP contribution in [0.4, 0.5) is 5.69 Å². The lowest BCUT2D eigenvalue weighted by Crippen LogP contribution is -2.31. The van der Waals surface area contributed by atoms with E-state index >= 15 is 0 Å². The molecular weight excluding hydrogens is 370 g/mol. The molecular formula is C21H23N5O3. The van der Waals surface area contributed by atoms with Gasteiger partial charge >= 0.3 is 0 Å². The number of ether oxygens (including phenoxy) is 2. The normalized spacial score (nSPS) is 14.3. The molecule has 0 saturated carbocycles. The average molecular weight is 393 g/mol. The number of carbonyl (C=O) groups excluding carboxylic acids is 1. The van der Waals surface area contributed by atoms with E-state index in [-0.39, 0.29) is 11.8 Å². The van der Waals surface area contributed by atoms with Crippen LogP contribution < -0.4 is 14.8 Å². The van der Waals surface area contributed by atoms with E-state index in [1.54, 1.807) is 12.1 Å². The van der Waals surface area contributed by atoms with Crippen LogP contribution in [0.5, 0.6) is 11.5 Å². The summed E-state index contributed by atoms with van der Waals surface area (Å²) in [4.78, 5) is 14.4. The monoisotopic (exact) mass is 393 g/mol. The number of carbonyl (C=O) groups is 1. The maximum Gasteiger partial charge on any atom is 0.251 e. The zero-order chi connectivity index (χ0) is 20.2. The summed E-state index contributed by atoms with van der Waals surface area (Å²) in [7, 11) is 0. The van der Waals surface area contributed by atoms with Gasteiger partial charge < -0.3 is 14.8 Å². The summed E-state index contributed by atoms with van der Waals surface area (Å²) in [6.07, 6.45) is 0.827. The molecule has 0 fully saturated rings. The molecule has 1 aliphatic heterocycles. The van der Waals surface area contributed by atoms with Crippen molar-refractivity contribution in [3.63, 3.8) is 0 Å². The Morgan fingerprint density at radius 1 is 1.07 bits per heavy atom. The van der Waals surface area contributed by atoms with E-state index in [1.807, 2.05) is 50.2 Å². The lowest BCUT2D eigenvalue weighted by molar-refractivity contribution is -0.121. The highest BCUT2D eigenvalue weighted by Crippen LogP contribution is 2.32. The van der Waals surface area contributed by atoms with Gasteiger partial charge in [0, 0.05) is 23.7 Å². The fourth-order valence-electron chi connectivity index (χ4n) is 3.18. The molecule has 8 heteroatoms. The first-order valence-corrected chi connectivity index (χ1v) is 9.67. The molecule has 3 aromatic rings. The molecule has 1 amide bonds. The van der Waals surface area contributed by atoms with Crippen molar-refractivity contribution in [1.29, 1.82) is 0 Å². The number of hydrogen-bond donors (Lipinski definition) is 1. The van der Waals surface area contributed by atoms with Crippen LogP contribution in [0.3, 0.4) is 0 Å². The number of fused-ring (bicyclic) bond motifs is 1. The zero-order valence-corrected chi connectivity index (χ0v) is 16.4. The quantitative estimate of drug-likeness (QED) is 0.715. The van der Waals surface area contributed by atoms with E-state index in [0.29, 0.717) is 36.2 Å². The highest BCUT2D eigenvalue weighted by Gasteiger charge is 2.27. The Labute approximate surface area is 168 Å². The van der Waals surface area contributed by atoms with E-state index in [1.165, 1.54) is 4.80 Å². The molecule has 29 heavy (non-hydrogen) atoms. The zero-order valence-electron chi connectivity index (χ0n) is 16.4. The summed E-state index contributed by atoms with van der Waals surface area (Å²) in [5.41, 5.74) is 1.48. The Hall–Kier alpha value is -3.42. The first-order chi connectivity index (χ1) is 14.1. The number of benzene rings is 2. The molecule has 1 atom stereocenters. The highest BCUT2D eigenvalue weighted by molar-refractivity contribution is 5.94. The van der Waals surface area contributed by atoms with E-state index in [4.69, 9.17) is 9.47 Å². The van der Waals surface area contributed by atoms with Gasteiger partial charge in [-0.2, -0.15) is 4.80 Å². The summed E-state index contributed by atoms with van der Waals surface area (Å²) >= 11 is 0. The van der Waals surface area contributed by atoms with Gasteiger partial charge in [0.1, 0.15) is 0 Å². The fourth-order valence-corrected chi connectivity index (χ4v) is 3.18. The number of rotatable bonds is 5. The minimum absolute atomic E-state index is 0.0340. The van der Waals surface area contributed by atoms with Crippen molar-refractivity contribution in [2.75, 3.05) is 18.5 Å². The van der Waals surface area contributed by atoms with Crippen LogP contribution in [0.25, 0.3) is 11.4 Å². The summed E-state index contributed by atoms with van der Waals surface area (Å²) in [5.74, 6) is 1.55.